The summed E-state index contributed by atoms with van der Waals surface area (Å²) in [6, 6.07) is 13.4. The van der Waals surface area contributed by atoms with Crippen LogP contribution in [0.2, 0.25) is 5.02 Å². The van der Waals surface area contributed by atoms with Crippen molar-refractivity contribution in [3.8, 4) is 5.75 Å². The van der Waals surface area contributed by atoms with E-state index in [9.17, 15) is 4.79 Å². The normalized spacial score (nSPS) is 15.8. The first kappa shape index (κ1) is 18.8. The number of carbonyl (C=O) groups is 1. The predicted octanol–water partition coefficient (Wildman–Crippen LogP) is 4.65. The summed E-state index contributed by atoms with van der Waals surface area (Å²) in [6.07, 6.45) is 2.70. The van der Waals surface area contributed by atoms with E-state index in [1.54, 1.807) is 7.11 Å². The van der Waals surface area contributed by atoms with E-state index in [0.29, 0.717) is 23.7 Å². The van der Waals surface area contributed by atoms with Gasteiger partial charge in [0.1, 0.15) is 5.75 Å². The molecule has 5 rings (SSSR count). The highest BCUT2D eigenvalue weighted by atomic mass is 35.5. The van der Waals surface area contributed by atoms with Crippen LogP contribution in [0.1, 0.15) is 38.9 Å². The van der Waals surface area contributed by atoms with Crippen LogP contribution in [-0.2, 0) is 6.42 Å². The topological polar surface area (TPSA) is 74.0 Å². The van der Waals surface area contributed by atoms with Crippen LogP contribution < -0.4 is 4.74 Å². The second-order valence-corrected chi connectivity index (χ2v) is 7.92. The van der Waals surface area contributed by atoms with E-state index in [1.807, 2.05) is 60.5 Å². The quantitative estimate of drug-likeness (QED) is 0.493. The van der Waals surface area contributed by atoms with Gasteiger partial charge in [-0.1, -0.05) is 29.8 Å². The minimum atomic E-state index is -0.250. The Kier molecular flexibility index (Phi) is 4.51. The van der Waals surface area contributed by atoms with Crippen molar-refractivity contribution in [3.63, 3.8) is 0 Å². The molecule has 1 aliphatic rings. The monoisotopic (exact) mass is 420 g/mol. The van der Waals surface area contributed by atoms with Crippen molar-refractivity contribution in [2.75, 3.05) is 13.7 Å². The number of methoxy groups -OCH3 is 1. The first-order valence-corrected chi connectivity index (χ1v) is 10.2. The number of carbonyl (C=O) groups excluding carboxylic acids is 1. The van der Waals surface area contributed by atoms with E-state index in [4.69, 9.17) is 16.3 Å². The molecule has 1 atom stereocenters. The molecule has 3 heterocycles. The van der Waals surface area contributed by atoms with Crippen LogP contribution in [-0.4, -0.2) is 39.6 Å². The number of H-pyrrole nitrogens is 2. The van der Waals surface area contributed by atoms with Crippen LogP contribution in [0.25, 0.3) is 10.9 Å². The zero-order valence-electron chi connectivity index (χ0n) is 16.7. The number of rotatable bonds is 5. The molecule has 0 bridgehead atoms. The van der Waals surface area contributed by atoms with Crippen molar-refractivity contribution in [1.29, 1.82) is 0 Å². The summed E-state index contributed by atoms with van der Waals surface area (Å²) < 4.78 is 5.37. The zero-order chi connectivity index (χ0) is 20.8. The lowest BCUT2D eigenvalue weighted by Crippen LogP contribution is -2.31. The average Bonchev–Trinajstić information content (AvgIpc) is 3.41. The zero-order valence-corrected chi connectivity index (χ0v) is 17.5. The van der Waals surface area contributed by atoms with Gasteiger partial charge in [0.15, 0.2) is 5.69 Å². The molecule has 2 aromatic carbocycles. The van der Waals surface area contributed by atoms with Gasteiger partial charge in [-0.3, -0.25) is 9.89 Å². The maximum absolute atomic E-state index is 13.2. The molecule has 0 aliphatic carbocycles. The molecule has 0 fully saturated rings. The Labute approximate surface area is 178 Å². The summed E-state index contributed by atoms with van der Waals surface area (Å²) in [4.78, 5) is 18.4. The Bertz CT molecular complexity index is 1260. The number of hydrogen-bond acceptors (Lipinski definition) is 3. The molecule has 0 spiro atoms. The second kappa shape index (κ2) is 7.22. The molecule has 0 radical (unpaired) electrons. The molecule has 1 aliphatic heterocycles. The number of aromatic nitrogens is 3. The minimum Gasteiger partial charge on any atom is -0.497 e. The van der Waals surface area contributed by atoms with Crippen molar-refractivity contribution >= 4 is 28.4 Å². The van der Waals surface area contributed by atoms with E-state index in [-0.39, 0.29) is 11.9 Å². The largest absolute Gasteiger partial charge is 0.497 e. The SMILES string of the molecule is COc1ccc2[nH]cc(CCN3C(=O)c4n[nH]c(C)c4[C@@H]3c3ccccc3Cl)c2c1. The molecule has 0 unspecified atom stereocenters. The number of hydrogen-bond donors (Lipinski definition) is 2. The van der Waals surface area contributed by atoms with E-state index < -0.39 is 0 Å². The Balaban J connectivity index is 1.50. The van der Waals surface area contributed by atoms with Crippen LogP contribution in [0.5, 0.6) is 5.75 Å². The van der Waals surface area contributed by atoms with Crippen molar-refractivity contribution < 1.29 is 9.53 Å². The van der Waals surface area contributed by atoms with Crippen LogP contribution in [0, 0.1) is 6.92 Å². The number of amides is 1. The smallest absolute Gasteiger partial charge is 0.275 e. The molecule has 0 saturated carbocycles. The summed E-state index contributed by atoms with van der Waals surface area (Å²) in [6.45, 7) is 2.49. The summed E-state index contributed by atoms with van der Waals surface area (Å²) in [5.74, 6) is 0.738. The lowest BCUT2D eigenvalue weighted by molar-refractivity contribution is 0.0745. The highest BCUT2D eigenvalue weighted by Gasteiger charge is 2.41. The molecular formula is C23H21ClN4O2. The number of halogens is 1. The van der Waals surface area contributed by atoms with Crippen molar-refractivity contribution in [2.24, 2.45) is 0 Å². The third-order valence-corrected chi connectivity index (χ3v) is 6.18. The molecule has 4 aromatic rings. The van der Waals surface area contributed by atoms with Crippen molar-refractivity contribution in [1.82, 2.24) is 20.1 Å². The molecule has 2 N–H and O–H groups in total. The van der Waals surface area contributed by atoms with Gasteiger partial charge in [0, 0.05) is 39.9 Å². The third kappa shape index (κ3) is 2.87. The first-order valence-electron chi connectivity index (χ1n) is 9.82. The van der Waals surface area contributed by atoms with Gasteiger partial charge in [-0.15, -0.1) is 0 Å². The summed E-state index contributed by atoms with van der Waals surface area (Å²) >= 11 is 6.53. The maximum atomic E-state index is 13.2. The van der Waals surface area contributed by atoms with Gasteiger partial charge in [0.25, 0.3) is 5.91 Å². The fourth-order valence-electron chi connectivity index (χ4n) is 4.33. The Morgan fingerprint density at radius 2 is 2.07 bits per heavy atom. The first-order chi connectivity index (χ1) is 14.6. The fraction of sp³-hybridized carbons (Fsp3) is 0.217. The number of ether oxygens (including phenoxy) is 1. The molecule has 2 aromatic heterocycles. The second-order valence-electron chi connectivity index (χ2n) is 7.51. The Hall–Kier alpha value is -3.25. The summed E-state index contributed by atoms with van der Waals surface area (Å²) in [5.41, 5.74) is 5.38. The van der Waals surface area contributed by atoms with E-state index in [0.717, 1.165) is 39.0 Å². The molecule has 6 nitrogen and oxygen atoms in total. The van der Waals surface area contributed by atoms with E-state index in [2.05, 4.69) is 15.2 Å². The molecule has 7 heteroatoms. The fourth-order valence-corrected chi connectivity index (χ4v) is 4.57. The van der Waals surface area contributed by atoms with Gasteiger partial charge in [-0.2, -0.15) is 5.10 Å². The number of nitrogens with zero attached hydrogens (tertiary/aromatic N) is 2. The predicted molar refractivity (Wildman–Crippen MR) is 116 cm³/mol. The van der Waals surface area contributed by atoms with E-state index in [1.165, 1.54) is 0 Å². The van der Waals surface area contributed by atoms with Gasteiger partial charge in [-0.05, 0) is 48.7 Å². The molecule has 152 valence electrons. The van der Waals surface area contributed by atoms with E-state index >= 15 is 0 Å². The Morgan fingerprint density at radius 3 is 2.87 bits per heavy atom. The number of nitrogens with one attached hydrogen (secondary N) is 2. The maximum Gasteiger partial charge on any atom is 0.275 e. The lowest BCUT2D eigenvalue weighted by Gasteiger charge is -2.27. The lowest BCUT2D eigenvalue weighted by atomic mass is 9.99. The number of benzene rings is 2. The summed E-state index contributed by atoms with van der Waals surface area (Å²) in [7, 11) is 1.66. The highest BCUT2D eigenvalue weighted by Crippen LogP contribution is 2.41. The number of aryl methyl sites for hydroxylation is 1. The summed E-state index contributed by atoms with van der Waals surface area (Å²) in [5, 5.41) is 8.97. The van der Waals surface area contributed by atoms with Gasteiger partial charge in [0.2, 0.25) is 0 Å². The molecule has 0 saturated heterocycles. The molecular weight excluding hydrogens is 400 g/mol. The average molecular weight is 421 g/mol. The van der Waals surface area contributed by atoms with Crippen LogP contribution in [0.15, 0.2) is 48.7 Å². The van der Waals surface area contributed by atoms with Crippen LogP contribution >= 0.6 is 11.6 Å². The van der Waals surface area contributed by atoms with Gasteiger partial charge in [0.05, 0.1) is 13.2 Å². The standard InChI is InChI=1S/C23H21ClN4O2/c1-13-20-21(27-26-13)23(29)28(22(20)16-5-3-4-6-18(16)24)10-9-14-12-25-19-8-7-15(30-2)11-17(14)19/h3-8,11-12,22,25H,9-10H2,1-2H3,(H,26,27)/t22-/m0/s1. The van der Waals surface area contributed by atoms with Crippen molar-refractivity contribution in [2.45, 2.75) is 19.4 Å². The van der Waals surface area contributed by atoms with Crippen LogP contribution in [0.3, 0.4) is 0 Å². The molecule has 1 amide bonds. The Morgan fingerprint density at radius 1 is 1.23 bits per heavy atom. The van der Waals surface area contributed by atoms with Gasteiger partial charge in [-0.25, -0.2) is 0 Å². The third-order valence-electron chi connectivity index (χ3n) is 5.84. The molecule has 30 heavy (non-hydrogen) atoms. The van der Waals surface area contributed by atoms with Crippen molar-refractivity contribution in [3.05, 3.63) is 81.8 Å². The highest BCUT2D eigenvalue weighted by molar-refractivity contribution is 6.31. The number of aromatic amines is 2. The minimum absolute atomic E-state index is 0.0725. The van der Waals surface area contributed by atoms with Crippen LogP contribution in [0.4, 0.5) is 0 Å². The number of fused-ring (bicyclic) bond motifs is 2. The van der Waals surface area contributed by atoms with Gasteiger partial charge < -0.3 is 14.6 Å². The van der Waals surface area contributed by atoms with Gasteiger partial charge >= 0.3 is 0 Å².